The zero-order valence-electron chi connectivity index (χ0n) is 16.9. The lowest BCUT2D eigenvalue weighted by Crippen LogP contribution is -2.29. The fourth-order valence-electron chi connectivity index (χ4n) is 3.72. The molecule has 1 saturated heterocycles. The number of carboxylic acid groups (broad SMARTS) is 1. The fourth-order valence-corrected chi connectivity index (χ4v) is 3.84. The number of aryl methyl sites for hydroxylation is 1. The first-order chi connectivity index (χ1) is 15.3. The van der Waals surface area contributed by atoms with Gasteiger partial charge in [-0.25, -0.2) is 4.79 Å². The van der Waals surface area contributed by atoms with Crippen LogP contribution < -0.4 is 4.90 Å². The third kappa shape index (κ3) is 3.76. The number of aromatic carboxylic acids is 1. The van der Waals surface area contributed by atoms with Crippen LogP contribution in [0.15, 0.2) is 78.4 Å². The van der Waals surface area contributed by atoms with Crippen LogP contribution in [-0.2, 0) is 9.59 Å². The highest BCUT2D eigenvalue weighted by atomic mass is 35.5. The molecule has 0 saturated carbocycles. The molecule has 1 aliphatic rings. The van der Waals surface area contributed by atoms with E-state index < -0.39 is 23.7 Å². The molecular formula is C25H18ClNO5. The van der Waals surface area contributed by atoms with Crippen molar-refractivity contribution in [2.24, 2.45) is 0 Å². The van der Waals surface area contributed by atoms with Gasteiger partial charge in [0, 0.05) is 16.3 Å². The average Bonchev–Trinajstić information content (AvgIpc) is 3.05. The third-order valence-electron chi connectivity index (χ3n) is 5.33. The SMILES string of the molecule is Cc1ccc(C(O)=C2C(=O)C(=O)N(c3cccc(C(=O)O)c3)[C@@H]2c2ccc(Cl)cc2)cc1. The van der Waals surface area contributed by atoms with Crippen molar-refractivity contribution in [1.82, 2.24) is 0 Å². The van der Waals surface area contributed by atoms with Gasteiger partial charge in [0.25, 0.3) is 11.7 Å². The topological polar surface area (TPSA) is 94.9 Å². The van der Waals surface area contributed by atoms with Crippen LogP contribution in [0.5, 0.6) is 0 Å². The molecule has 6 nitrogen and oxygen atoms in total. The Hall–Kier alpha value is -3.90. The smallest absolute Gasteiger partial charge is 0.335 e. The summed E-state index contributed by atoms with van der Waals surface area (Å²) in [5, 5.41) is 20.9. The number of halogens is 1. The predicted octanol–water partition coefficient (Wildman–Crippen LogP) is 4.97. The molecule has 1 atom stereocenters. The van der Waals surface area contributed by atoms with Crippen molar-refractivity contribution in [3.63, 3.8) is 0 Å². The molecule has 32 heavy (non-hydrogen) atoms. The van der Waals surface area contributed by atoms with Crippen LogP contribution in [0.3, 0.4) is 0 Å². The summed E-state index contributed by atoms with van der Waals surface area (Å²) in [5.41, 5.74) is 2.03. The highest BCUT2D eigenvalue weighted by molar-refractivity contribution is 6.51. The number of amides is 1. The van der Waals surface area contributed by atoms with Gasteiger partial charge < -0.3 is 10.2 Å². The predicted molar refractivity (Wildman–Crippen MR) is 121 cm³/mol. The highest BCUT2D eigenvalue weighted by Gasteiger charge is 2.47. The van der Waals surface area contributed by atoms with E-state index in [9.17, 15) is 24.6 Å². The number of carbonyl (C=O) groups excluding carboxylic acids is 2. The summed E-state index contributed by atoms with van der Waals surface area (Å²) in [6.07, 6.45) is 0. The first kappa shape index (κ1) is 21.3. The number of aliphatic hydroxyl groups excluding tert-OH is 1. The van der Waals surface area contributed by atoms with Gasteiger partial charge in [-0.1, -0.05) is 59.6 Å². The first-order valence-corrected chi connectivity index (χ1v) is 10.1. The molecule has 0 aliphatic carbocycles. The third-order valence-corrected chi connectivity index (χ3v) is 5.58. The number of hydrogen-bond acceptors (Lipinski definition) is 4. The normalized spacial score (nSPS) is 17.6. The number of carbonyl (C=O) groups is 3. The summed E-state index contributed by atoms with van der Waals surface area (Å²) < 4.78 is 0. The molecule has 0 aromatic heterocycles. The van der Waals surface area contributed by atoms with Crippen LogP contribution in [0.2, 0.25) is 5.02 Å². The maximum absolute atomic E-state index is 13.1. The van der Waals surface area contributed by atoms with E-state index in [2.05, 4.69) is 0 Å². The number of ketones is 1. The minimum atomic E-state index is -1.16. The van der Waals surface area contributed by atoms with Crippen LogP contribution in [0, 0.1) is 6.92 Å². The average molecular weight is 448 g/mol. The zero-order valence-corrected chi connectivity index (χ0v) is 17.7. The van der Waals surface area contributed by atoms with Crippen LogP contribution in [0.4, 0.5) is 5.69 Å². The molecule has 160 valence electrons. The quantitative estimate of drug-likeness (QED) is 0.334. The van der Waals surface area contributed by atoms with Crippen molar-refractivity contribution in [2.75, 3.05) is 4.90 Å². The molecule has 0 bridgehead atoms. The molecule has 0 spiro atoms. The van der Waals surface area contributed by atoms with E-state index in [1.165, 1.54) is 23.1 Å². The largest absolute Gasteiger partial charge is 0.507 e. The number of carboxylic acids is 1. The van der Waals surface area contributed by atoms with E-state index in [0.717, 1.165) is 5.56 Å². The molecule has 2 N–H and O–H groups in total. The Balaban J connectivity index is 1.94. The minimum absolute atomic E-state index is 0.0298. The molecular weight excluding hydrogens is 430 g/mol. The Kier molecular flexibility index (Phi) is 5.55. The second kappa shape index (κ2) is 8.32. The highest BCUT2D eigenvalue weighted by Crippen LogP contribution is 2.42. The van der Waals surface area contributed by atoms with E-state index in [0.29, 0.717) is 16.1 Å². The van der Waals surface area contributed by atoms with Crippen molar-refractivity contribution in [1.29, 1.82) is 0 Å². The zero-order chi connectivity index (χ0) is 23.0. The summed E-state index contributed by atoms with van der Waals surface area (Å²) in [6, 6.07) is 18.3. The lowest BCUT2D eigenvalue weighted by molar-refractivity contribution is -0.132. The summed E-state index contributed by atoms with van der Waals surface area (Å²) in [7, 11) is 0. The first-order valence-electron chi connectivity index (χ1n) is 9.75. The van der Waals surface area contributed by atoms with Gasteiger partial charge in [0.05, 0.1) is 17.2 Å². The maximum Gasteiger partial charge on any atom is 0.335 e. The Morgan fingerprint density at radius 1 is 0.906 bits per heavy atom. The number of rotatable bonds is 4. The monoisotopic (exact) mass is 447 g/mol. The van der Waals surface area contributed by atoms with Gasteiger partial charge in [-0.15, -0.1) is 0 Å². The molecule has 3 aromatic rings. The van der Waals surface area contributed by atoms with Crippen LogP contribution in [0.25, 0.3) is 5.76 Å². The second-order valence-electron chi connectivity index (χ2n) is 7.44. The van der Waals surface area contributed by atoms with Gasteiger partial charge in [0.1, 0.15) is 5.76 Å². The van der Waals surface area contributed by atoms with Crippen molar-refractivity contribution in [3.8, 4) is 0 Å². The molecule has 4 rings (SSSR count). The lowest BCUT2D eigenvalue weighted by Gasteiger charge is -2.25. The molecule has 1 amide bonds. The van der Waals surface area contributed by atoms with Gasteiger partial charge in [-0.3, -0.25) is 14.5 Å². The summed E-state index contributed by atoms with van der Waals surface area (Å²) in [5.74, 6) is -3.18. The lowest BCUT2D eigenvalue weighted by atomic mass is 9.95. The number of benzene rings is 3. The maximum atomic E-state index is 13.1. The standard InChI is InChI=1S/C25H18ClNO5/c1-14-5-7-16(8-6-14)22(28)20-21(15-9-11-18(26)12-10-15)27(24(30)23(20)29)19-4-2-3-17(13-19)25(31)32/h2-13,21,28H,1H3,(H,31,32)/t21-/m1/s1. The minimum Gasteiger partial charge on any atom is -0.507 e. The second-order valence-corrected chi connectivity index (χ2v) is 7.88. The fraction of sp³-hybridized carbons (Fsp3) is 0.0800. The van der Waals surface area contributed by atoms with Crippen molar-refractivity contribution in [2.45, 2.75) is 13.0 Å². The number of anilines is 1. The van der Waals surface area contributed by atoms with Crippen molar-refractivity contribution in [3.05, 3.63) is 106 Å². The number of hydrogen-bond donors (Lipinski definition) is 2. The molecule has 0 radical (unpaired) electrons. The van der Waals surface area contributed by atoms with Crippen LogP contribution in [-0.4, -0.2) is 27.9 Å². The van der Waals surface area contributed by atoms with Crippen molar-refractivity contribution >= 4 is 40.7 Å². The number of nitrogens with zero attached hydrogens (tertiary/aromatic N) is 1. The van der Waals surface area contributed by atoms with E-state index in [-0.39, 0.29) is 22.6 Å². The van der Waals surface area contributed by atoms with Gasteiger partial charge in [-0.2, -0.15) is 0 Å². The summed E-state index contributed by atoms with van der Waals surface area (Å²) in [6.45, 7) is 1.89. The number of Topliss-reactive ketones (excluding diaryl/α,β-unsaturated/α-hetero) is 1. The summed E-state index contributed by atoms with van der Waals surface area (Å²) in [4.78, 5) is 38.8. The summed E-state index contributed by atoms with van der Waals surface area (Å²) >= 11 is 6.02. The number of aliphatic hydroxyl groups is 1. The Morgan fingerprint density at radius 2 is 1.56 bits per heavy atom. The van der Waals surface area contributed by atoms with E-state index in [1.54, 1.807) is 54.6 Å². The van der Waals surface area contributed by atoms with Crippen LogP contribution >= 0.6 is 11.6 Å². The van der Waals surface area contributed by atoms with Crippen LogP contribution in [0.1, 0.15) is 33.1 Å². The Morgan fingerprint density at radius 3 is 2.19 bits per heavy atom. The van der Waals surface area contributed by atoms with E-state index >= 15 is 0 Å². The van der Waals surface area contributed by atoms with Gasteiger partial charge in [0.15, 0.2) is 0 Å². The Labute approximate surface area is 189 Å². The Bertz CT molecular complexity index is 1260. The molecule has 1 fully saturated rings. The van der Waals surface area contributed by atoms with Crippen molar-refractivity contribution < 1.29 is 24.6 Å². The molecule has 7 heteroatoms. The van der Waals surface area contributed by atoms with E-state index in [1.807, 2.05) is 6.92 Å². The molecule has 0 unspecified atom stereocenters. The van der Waals surface area contributed by atoms with E-state index in [4.69, 9.17) is 11.6 Å². The van der Waals surface area contributed by atoms with Gasteiger partial charge >= 0.3 is 5.97 Å². The van der Waals surface area contributed by atoms with Gasteiger partial charge in [0.2, 0.25) is 0 Å². The molecule has 1 heterocycles. The van der Waals surface area contributed by atoms with Gasteiger partial charge in [-0.05, 0) is 42.8 Å². The molecule has 3 aromatic carbocycles. The molecule has 1 aliphatic heterocycles.